The summed E-state index contributed by atoms with van der Waals surface area (Å²) in [4.78, 5) is 11.6. The van der Waals surface area contributed by atoms with Crippen molar-refractivity contribution in [2.24, 2.45) is 5.92 Å². The molecule has 0 amide bonds. The average Bonchev–Trinajstić information content (AvgIpc) is 3.10. The average molecular weight is 197 g/mol. The largest absolute Gasteiger partial charge is 0.289 e. The zero-order chi connectivity index (χ0) is 10.7. The molecule has 2 rings (SSSR count). The molecule has 1 aromatic rings. The molecule has 0 aromatic heterocycles. The minimum Gasteiger partial charge on any atom is -0.289 e. The maximum absolute atomic E-state index is 11.6. The van der Waals surface area contributed by atoms with Gasteiger partial charge >= 0.3 is 0 Å². The fourth-order valence-electron chi connectivity index (χ4n) is 1.35. The molecule has 0 heterocycles. The minimum absolute atomic E-state index is 0.0148. The van der Waals surface area contributed by atoms with Crippen molar-refractivity contribution in [3.63, 3.8) is 0 Å². The van der Waals surface area contributed by atoms with Crippen molar-refractivity contribution < 1.29 is 4.79 Å². The van der Waals surface area contributed by atoms with E-state index in [1.807, 2.05) is 12.1 Å². The molecular weight excluding hydrogens is 186 g/mol. The van der Waals surface area contributed by atoms with Gasteiger partial charge in [0.15, 0.2) is 5.78 Å². The topological polar surface area (TPSA) is 40.9 Å². The van der Waals surface area contributed by atoms with Gasteiger partial charge in [0, 0.05) is 5.56 Å². The van der Waals surface area contributed by atoms with Gasteiger partial charge in [-0.05, 0) is 37.0 Å². The Balaban J connectivity index is 2.14. The van der Waals surface area contributed by atoms with Crippen LogP contribution in [0.1, 0.15) is 28.8 Å². The second-order valence-electron chi connectivity index (χ2n) is 3.75. The van der Waals surface area contributed by atoms with Crippen LogP contribution in [0.5, 0.6) is 0 Å². The summed E-state index contributed by atoms with van der Waals surface area (Å²) in [6.07, 6.45) is 5.97. The van der Waals surface area contributed by atoms with Gasteiger partial charge in [-0.15, -0.1) is 0 Å². The van der Waals surface area contributed by atoms with Gasteiger partial charge < -0.3 is 0 Å². The van der Waals surface area contributed by atoms with Gasteiger partial charge in [-0.1, -0.05) is 18.2 Å². The van der Waals surface area contributed by atoms with Crippen molar-refractivity contribution in [1.82, 2.24) is 0 Å². The Morgan fingerprint density at radius 2 is 2.27 bits per heavy atom. The lowest BCUT2D eigenvalue weighted by Gasteiger charge is -1.95. The number of nitrogens with zero attached hydrogens (tertiary/aromatic N) is 1. The summed E-state index contributed by atoms with van der Waals surface area (Å²) in [5, 5.41) is 8.69. The van der Waals surface area contributed by atoms with Crippen molar-refractivity contribution in [3.05, 3.63) is 47.5 Å². The van der Waals surface area contributed by atoms with Gasteiger partial charge in [0.25, 0.3) is 0 Å². The highest BCUT2D eigenvalue weighted by Gasteiger charge is 2.17. The van der Waals surface area contributed by atoms with E-state index in [-0.39, 0.29) is 5.78 Å². The van der Waals surface area contributed by atoms with Crippen LogP contribution in [0.2, 0.25) is 0 Å². The van der Waals surface area contributed by atoms with E-state index in [2.05, 4.69) is 0 Å². The zero-order valence-electron chi connectivity index (χ0n) is 8.31. The second kappa shape index (κ2) is 4.10. The molecule has 1 aliphatic rings. The van der Waals surface area contributed by atoms with Crippen molar-refractivity contribution in [3.8, 4) is 6.07 Å². The fourth-order valence-corrected chi connectivity index (χ4v) is 1.35. The molecule has 2 nitrogen and oxygen atoms in total. The van der Waals surface area contributed by atoms with Crippen LogP contribution >= 0.6 is 0 Å². The number of rotatable bonds is 3. The first-order valence-corrected chi connectivity index (χ1v) is 5.02. The predicted molar refractivity (Wildman–Crippen MR) is 57.4 cm³/mol. The highest BCUT2D eigenvalue weighted by Crippen LogP contribution is 2.30. The smallest absolute Gasteiger partial charge is 0.185 e. The first-order chi connectivity index (χ1) is 7.29. The minimum atomic E-state index is -0.0148. The molecule has 2 heteroatoms. The molecule has 1 aliphatic carbocycles. The molecular formula is C13H11NO. The van der Waals surface area contributed by atoms with E-state index in [1.54, 1.807) is 30.3 Å². The zero-order valence-corrected chi connectivity index (χ0v) is 8.31. The van der Waals surface area contributed by atoms with Crippen molar-refractivity contribution in [2.75, 3.05) is 0 Å². The predicted octanol–water partition coefficient (Wildman–Crippen LogP) is 2.71. The van der Waals surface area contributed by atoms with Crippen molar-refractivity contribution >= 4 is 5.78 Å². The molecule has 0 spiro atoms. The van der Waals surface area contributed by atoms with Crippen LogP contribution in [0.4, 0.5) is 0 Å². The van der Waals surface area contributed by atoms with Gasteiger partial charge in [-0.3, -0.25) is 4.79 Å². The number of hydrogen-bond acceptors (Lipinski definition) is 2. The molecule has 0 radical (unpaired) electrons. The van der Waals surface area contributed by atoms with Crippen molar-refractivity contribution in [1.29, 1.82) is 5.26 Å². The first-order valence-electron chi connectivity index (χ1n) is 5.02. The summed E-state index contributed by atoms with van der Waals surface area (Å²) >= 11 is 0. The van der Waals surface area contributed by atoms with E-state index in [0.29, 0.717) is 17.0 Å². The Hall–Kier alpha value is -1.88. The Morgan fingerprint density at radius 3 is 2.93 bits per heavy atom. The second-order valence-corrected chi connectivity index (χ2v) is 3.75. The maximum atomic E-state index is 11.6. The Kier molecular flexibility index (Phi) is 2.64. The number of nitriles is 1. The molecule has 0 unspecified atom stereocenters. The van der Waals surface area contributed by atoms with Gasteiger partial charge in [-0.2, -0.15) is 5.26 Å². The summed E-state index contributed by atoms with van der Waals surface area (Å²) in [6, 6.07) is 8.81. The van der Waals surface area contributed by atoms with Gasteiger partial charge in [0.1, 0.15) is 0 Å². The van der Waals surface area contributed by atoms with Gasteiger partial charge in [-0.25, -0.2) is 0 Å². The van der Waals surface area contributed by atoms with E-state index in [4.69, 9.17) is 5.26 Å². The van der Waals surface area contributed by atoms with E-state index >= 15 is 0 Å². The van der Waals surface area contributed by atoms with Crippen molar-refractivity contribution in [2.45, 2.75) is 12.8 Å². The quantitative estimate of drug-likeness (QED) is 0.552. The number of benzene rings is 1. The summed E-state index contributed by atoms with van der Waals surface area (Å²) < 4.78 is 0. The highest BCUT2D eigenvalue weighted by molar-refractivity contribution is 6.04. The molecule has 0 N–H and O–H groups in total. The number of hydrogen-bond donors (Lipinski definition) is 0. The SMILES string of the molecule is N#Cc1cccc(C(=O)C=CC2CC2)c1. The van der Waals surface area contributed by atoms with Gasteiger partial charge in [0.05, 0.1) is 11.6 Å². The molecule has 15 heavy (non-hydrogen) atoms. The summed E-state index contributed by atoms with van der Waals surface area (Å²) in [5.74, 6) is 0.590. The summed E-state index contributed by atoms with van der Waals surface area (Å²) in [6.45, 7) is 0. The Bertz CT molecular complexity index is 450. The number of allylic oxidation sites excluding steroid dienone is 2. The molecule has 1 aromatic carbocycles. The third kappa shape index (κ3) is 2.54. The van der Waals surface area contributed by atoms with Crippen LogP contribution in [-0.4, -0.2) is 5.78 Å². The van der Waals surface area contributed by atoms with Gasteiger partial charge in [0.2, 0.25) is 0 Å². The standard InChI is InChI=1S/C13H11NO/c14-9-11-2-1-3-12(8-11)13(15)7-6-10-4-5-10/h1-3,6-8,10H,4-5H2. The Morgan fingerprint density at radius 1 is 1.47 bits per heavy atom. The molecule has 1 saturated carbocycles. The lowest BCUT2D eigenvalue weighted by Crippen LogP contribution is -1.94. The summed E-state index contributed by atoms with van der Waals surface area (Å²) in [5.41, 5.74) is 1.12. The Labute approximate surface area is 88.8 Å². The monoisotopic (exact) mass is 197 g/mol. The van der Waals surface area contributed by atoms with Crippen LogP contribution in [0.3, 0.4) is 0 Å². The van der Waals surface area contributed by atoms with E-state index in [0.717, 1.165) is 0 Å². The van der Waals surface area contributed by atoms with Crippen LogP contribution in [0.25, 0.3) is 0 Å². The molecule has 74 valence electrons. The van der Waals surface area contributed by atoms with Crippen LogP contribution < -0.4 is 0 Å². The van der Waals surface area contributed by atoms with E-state index in [1.165, 1.54) is 12.8 Å². The third-order valence-corrected chi connectivity index (χ3v) is 2.42. The van der Waals surface area contributed by atoms with Crippen LogP contribution in [0, 0.1) is 17.2 Å². The number of carbonyl (C=O) groups is 1. The molecule has 0 atom stereocenters. The van der Waals surface area contributed by atoms with Crippen LogP contribution in [-0.2, 0) is 0 Å². The fraction of sp³-hybridized carbons (Fsp3) is 0.231. The molecule has 0 saturated heterocycles. The van der Waals surface area contributed by atoms with Crippen LogP contribution in [0.15, 0.2) is 36.4 Å². The maximum Gasteiger partial charge on any atom is 0.185 e. The summed E-state index contributed by atoms with van der Waals surface area (Å²) in [7, 11) is 0. The molecule has 1 fully saturated rings. The molecule has 0 aliphatic heterocycles. The van der Waals surface area contributed by atoms with E-state index < -0.39 is 0 Å². The lowest BCUT2D eigenvalue weighted by molar-refractivity contribution is 0.104. The number of carbonyl (C=O) groups excluding carboxylic acids is 1. The highest BCUT2D eigenvalue weighted by atomic mass is 16.1. The number of ketones is 1. The normalized spacial score (nSPS) is 15.1. The lowest BCUT2D eigenvalue weighted by atomic mass is 10.1. The third-order valence-electron chi connectivity index (χ3n) is 2.42. The first kappa shape index (κ1) is 9.67. The molecule has 0 bridgehead atoms. The van der Waals surface area contributed by atoms with E-state index in [9.17, 15) is 4.79 Å².